The summed E-state index contributed by atoms with van der Waals surface area (Å²) in [4.78, 5) is 12.3. The average Bonchev–Trinajstić information content (AvgIpc) is 2.40. The molecule has 0 aromatic carbocycles. The third-order valence-electron chi connectivity index (χ3n) is 4.12. The first kappa shape index (κ1) is 15.0. The zero-order valence-corrected chi connectivity index (χ0v) is 11.9. The maximum atomic E-state index is 12.3. The van der Waals surface area contributed by atoms with Crippen LogP contribution in [0.15, 0.2) is 30.0 Å². The maximum absolute atomic E-state index is 12.3. The Balaban J connectivity index is 2.64. The van der Waals surface area contributed by atoms with Crippen molar-refractivity contribution in [2.45, 2.75) is 58.8 Å². The van der Waals surface area contributed by atoms with Crippen molar-refractivity contribution in [2.75, 3.05) is 0 Å². The molecule has 0 amide bonds. The van der Waals surface area contributed by atoms with Gasteiger partial charge in [0.25, 0.3) is 0 Å². The largest absolute Gasteiger partial charge is 0.299 e. The smallest absolute Gasteiger partial charge is 0.141 e. The van der Waals surface area contributed by atoms with E-state index < -0.39 is 0 Å². The Bertz CT molecular complexity index is 358. The van der Waals surface area contributed by atoms with Gasteiger partial charge in [-0.05, 0) is 43.6 Å². The van der Waals surface area contributed by atoms with Crippen LogP contribution < -0.4 is 0 Å². The first-order chi connectivity index (χ1) is 8.63. The summed E-state index contributed by atoms with van der Waals surface area (Å²) in [7, 11) is 0. The Morgan fingerprint density at radius 3 is 2.61 bits per heavy atom. The highest BCUT2D eigenvalue weighted by molar-refractivity contribution is 5.85. The Kier molecular flexibility index (Phi) is 6.15. The second-order valence-electron chi connectivity index (χ2n) is 5.31. The van der Waals surface area contributed by atoms with Crippen LogP contribution in [0.5, 0.6) is 0 Å². The van der Waals surface area contributed by atoms with Crippen molar-refractivity contribution in [3.05, 3.63) is 30.0 Å². The van der Waals surface area contributed by atoms with E-state index in [1.54, 1.807) is 0 Å². The number of carbonyl (C=O) groups excluding carboxylic acids is 1. The molecule has 2 atom stereocenters. The summed E-state index contributed by atoms with van der Waals surface area (Å²) in [5.41, 5.74) is 5.40. The lowest BCUT2D eigenvalue weighted by Gasteiger charge is -2.29. The molecule has 2 unspecified atom stereocenters. The molecular weight excluding hydrogens is 220 g/mol. The molecule has 0 radical (unpaired) electrons. The Labute approximate surface area is 112 Å². The molecule has 0 saturated heterocycles. The van der Waals surface area contributed by atoms with E-state index in [1.807, 2.05) is 0 Å². The molecule has 0 aromatic heterocycles. The summed E-state index contributed by atoms with van der Waals surface area (Å²) in [6.45, 7) is 12.1. The monoisotopic (exact) mass is 246 g/mol. The van der Waals surface area contributed by atoms with E-state index in [0.717, 1.165) is 44.1 Å². The number of rotatable bonds is 6. The second kappa shape index (κ2) is 7.38. The van der Waals surface area contributed by atoms with Gasteiger partial charge < -0.3 is 0 Å². The summed E-state index contributed by atoms with van der Waals surface area (Å²) in [6.07, 6.45) is 6.99. The standard InChI is InChI=1S/C17H26O/c1-5-8-9-14(7-3)16-11-10-15(12-17(16)18)13(4)6-2/h15-16H,3-6,8-12H2,1-2H3. The normalized spacial score (nSPS) is 23.6. The van der Waals surface area contributed by atoms with Crippen LogP contribution >= 0.6 is 0 Å². The molecule has 100 valence electrons. The number of allylic oxidation sites excluding steroid dienone is 2. The van der Waals surface area contributed by atoms with Crippen LogP contribution in [0.2, 0.25) is 0 Å². The van der Waals surface area contributed by atoms with Gasteiger partial charge >= 0.3 is 0 Å². The molecule has 0 aromatic rings. The SMILES string of the molecule is C=C=C(CCCC)C1CCC(C(=C)CC)CC1=O. The quantitative estimate of drug-likeness (QED) is 0.484. The fraction of sp³-hybridized carbons (Fsp3) is 0.647. The molecule has 18 heavy (non-hydrogen) atoms. The molecule has 1 aliphatic rings. The predicted molar refractivity (Wildman–Crippen MR) is 77.4 cm³/mol. The van der Waals surface area contributed by atoms with Crippen molar-refractivity contribution in [3.63, 3.8) is 0 Å². The van der Waals surface area contributed by atoms with Gasteiger partial charge in [0.05, 0.1) is 0 Å². The number of Topliss-reactive ketones (excluding diaryl/α,β-unsaturated/α-hetero) is 1. The fourth-order valence-electron chi connectivity index (χ4n) is 2.77. The third kappa shape index (κ3) is 3.71. The zero-order chi connectivity index (χ0) is 13.5. The molecule has 1 aliphatic carbocycles. The van der Waals surface area contributed by atoms with E-state index in [0.29, 0.717) is 18.1 Å². The number of carbonyl (C=O) groups is 1. The molecule has 1 fully saturated rings. The van der Waals surface area contributed by atoms with Gasteiger partial charge in [0.15, 0.2) is 0 Å². The third-order valence-corrected chi connectivity index (χ3v) is 4.12. The molecular formula is C17H26O. The molecule has 1 rings (SSSR count). The van der Waals surface area contributed by atoms with Crippen LogP contribution in [0.1, 0.15) is 58.8 Å². The van der Waals surface area contributed by atoms with Gasteiger partial charge in [-0.2, -0.15) is 0 Å². The Hall–Kier alpha value is -1.07. The van der Waals surface area contributed by atoms with E-state index in [1.165, 1.54) is 5.57 Å². The molecule has 1 saturated carbocycles. The van der Waals surface area contributed by atoms with Gasteiger partial charge in [-0.25, -0.2) is 0 Å². The molecule has 1 heteroatoms. The van der Waals surface area contributed by atoms with E-state index in [4.69, 9.17) is 0 Å². The summed E-state index contributed by atoms with van der Waals surface area (Å²) < 4.78 is 0. The van der Waals surface area contributed by atoms with Gasteiger partial charge in [0.1, 0.15) is 5.78 Å². The highest BCUT2D eigenvalue weighted by Crippen LogP contribution is 2.35. The van der Waals surface area contributed by atoms with Gasteiger partial charge in [-0.1, -0.05) is 39.0 Å². The van der Waals surface area contributed by atoms with Crippen molar-refractivity contribution >= 4 is 5.78 Å². The minimum Gasteiger partial charge on any atom is -0.299 e. The van der Waals surface area contributed by atoms with E-state index >= 15 is 0 Å². The summed E-state index contributed by atoms with van der Waals surface area (Å²) in [5, 5.41) is 0. The zero-order valence-electron chi connectivity index (χ0n) is 11.9. The van der Waals surface area contributed by atoms with Gasteiger partial charge in [-0.15, -0.1) is 5.73 Å². The Morgan fingerprint density at radius 2 is 2.11 bits per heavy atom. The fourth-order valence-corrected chi connectivity index (χ4v) is 2.77. The van der Waals surface area contributed by atoms with E-state index in [-0.39, 0.29) is 5.92 Å². The van der Waals surface area contributed by atoms with E-state index in [2.05, 4.69) is 32.7 Å². The first-order valence-corrected chi connectivity index (χ1v) is 7.23. The minimum atomic E-state index is 0.0926. The summed E-state index contributed by atoms with van der Waals surface area (Å²) >= 11 is 0. The number of unbranched alkanes of at least 4 members (excludes halogenated alkanes) is 1. The minimum absolute atomic E-state index is 0.0926. The van der Waals surface area contributed by atoms with Crippen molar-refractivity contribution in [1.82, 2.24) is 0 Å². The molecule has 0 heterocycles. The maximum Gasteiger partial charge on any atom is 0.141 e. The predicted octanol–water partition coefficient (Wildman–Crippen LogP) is 4.84. The van der Waals surface area contributed by atoms with Crippen molar-refractivity contribution in [1.29, 1.82) is 0 Å². The van der Waals surface area contributed by atoms with Crippen molar-refractivity contribution < 1.29 is 4.79 Å². The molecule has 0 spiro atoms. The van der Waals surface area contributed by atoms with Crippen LogP contribution in [-0.2, 0) is 4.79 Å². The second-order valence-corrected chi connectivity index (χ2v) is 5.31. The van der Waals surface area contributed by atoms with Crippen LogP contribution in [0, 0.1) is 11.8 Å². The van der Waals surface area contributed by atoms with Crippen molar-refractivity contribution in [3.8, 4) is 0 Å². The molecule has 1 nitrogen and oxygen atoms in total. The van der Waals surface area contributed by atoms with Gasteiger partial charge in [0, 0.05) is 12.3 Å². The van der Waals surface area contributed by atoms with E-state index in [9.17, 15) is 4.79 Å². The number of ketones is 1. The topological polar surface area (TPSA) is 17.1 Å². The summed E-state index contributed by atoms with van der Waals surface area (Å²) in [5.74, 6) is 0.883. The summed E-state index contributed by atoms with van der Waals surface area (Å²) in [6, 6.07) is 0. The first-order valence-electron chi connectivity index (χ1n) is 7.23. The number of hydrogen-bond acceptors (Lipinski definition) is 1. The van der Waals surface area contributed by atoms with Crippen LogP contribution in [0.3, 0.4) is 0 Å². The lowest BCUT2D eigenvalue weighted by molar-refractivity contribution is -0.124. The Morgan fingerprint density at radius 1 is 1.39 bits per heavy atom. The lowest BCUT2D eigenvalue weighted by Crippen LogP contribution is -2.27. The van der Waals surface area contributed by atoms with Crippen LogP contribution in [0.4, 0.5) is 0 Å². The molecule has 0 bridgehead atoms. The number of hydrogen-bond donors (Lipinski definition) is 0. The average molecular weight is 246 g/mol. The molecule has 0 N–H and O–H groups in total. The highest BCUT2D eigenvalue weighted by atomic mass is 16.1. The van der Waals surface area contributed by atoms with Crippen molar-refractivity contribution in [2.24, 2.45) is 11.8 Å². The highest BCUT2D eigenvalue weighted by Gasteiger charge is 2.31. The molecule has 0 aliphatic heterocycles. The lowest BCUT2D eigenvalue weighted by atomic mass is 9.74. The van der Waals surface area contributed by atoms with Gasteiger partial charge in [0.2, 0.25) is 0 Å². The van der Waals surface area contributed by atoms with Crippen LogP contribution in [-0.4, -0.2) is 5.78 Å². The van der Waals surface area contributed by atoms with Crippen LogP contribution in [0.25, 0.3) is 0 Å². The van der Waals surface area contributed by atoms with Gasteiger partial charge in [-0.3, -0.25) is 4.79 Å².